The monoisotopic (exact) mass is 624 g/mol. The lowest BCUT2D eigenvalue weighted by atomic mass is 9.64. The number of carbonyl (C=O) groups is 2. The molecule has 1 fully saturated rings. The molecule has 6 nitrogen and oxygen atoms in total. The van der Waals surface area contributed by atoms with Crippen LogP contribution in [-0.4, -0.2) is 46.7 Å². The van der Waals surface area contributed by atoms with Gasteiger partial charge in [-0.15, -0.1) is 0 Å². The van der Waals surface area contributed by atoms with Crippen LogP contribution < -0.4 is 14.4 Å². The maximum atomic E-state index is 13.7. The molecule has 2 aliphatic carbocycles. The molecule has 2 heterocycles. The van der Waals surface area contributed by atoms with Crippen LogP contribution in [-0.2, 0) is 26.3 Å². The Morgan fingerprint density at radius 1 is 1.12 bits per heavy atom. The van der Waals surface area contributed by atoms with Crippen molar-refractivity contribution in [3.8, 4) is 5.75 Å². The first-order valence-electron chi connectivity index (χ1n) is 16.0. The molecule has 2 aromatic rings. The first-order valence-corrected chi connectivity index (χ1v) is 18.1. The van der Waals surface area contributed by atoms with E-state index in [4.69, 9.17) is 16.3 Å². The lowest BCUT2D eigenvalue weighted by molar-refractivity contribution is -0.125. The van der Waals surface area contributed by atoms with E-state index in [-0.39, 0.29) is 34.2 Å². The van der Waals surface area contributed by atoms with E-state index < -0.39 is 9.71 Å². The molecule has 7 atom stereocenters. The number of carbonyl (C=O) groups excluding carboxylic acids is 2. The van der Waals surface area contributed by atoms with E-state index in [9.17, 15) is 13.8 Å². The van der Waals surface area contributed by atoms with Gasteiger partial charge in [0, 0.05) is 40.3 Å². The predicted molar refractivity (Wildman–Crippen MR) is 176 cm³/mol. The second-order valence-electron chi connectivity index (χ2n) is 13.8. The van der Waals surface area contributed by atoms with E-state index in [1.807, 2.05) is 25.1 Å². The van der Waals surface area contributed by atoms with E-state index >= 15 is 0 Å². The highest BCUT2D eigenvalue weighted by Gasteiger charge is 2.45. The summed E-state index contributed by atoms with van der Waals surface area (Å²) in [6.07, 6.45) is 7.81. The number of benzene rings is 2. The van der Waals surface area contributed by atoms with Gasteiger partial charge in [-0.1, -0.05) is 31.0 Å². The minimum absolute atomic E-state index is 0.0403. The fourth-order valence-corrected chi connectivity index (χ4v) is 9.89. The minimum Gasteiger partial charge on any atom is -0.490 e. The molecule has 2 bridgehead atoms. The maximum Gasteiger partial charge on any atom is 0.262 e. The average molecular weight is 625 g/mol. The number of anilines is 1. The lowest BCUT2D eigenvalue weighted by Crippen LogP contribution is -2.49. The van der Waals surface area contributed by atoms with Gasteiger partial charge in [0.05, 0.1) is 22.0 Å². The fraction of sp³-hybridized carbons (Fsp3) is 0.571. The highest BCUT2D eigenvalue weighted by atomic mass is 35.5. The summed E-state index contributed by atoms with van der Waals surface area (Å²) in [5, 5.41) is 0.463. The number of hydrogen-bond acceptors (Lipinski definition) is 5. The third kappa shape index (κ3) is 5.84. The van der Waals surface area contributed by atoms with Gasteiger partial charge in [0.25, 0.3) is 5.91 Å². The number of amides is 1. The predicted octanol–water partition coefficient (Wildman–Crippen LogP) is 6.61. The molecule has 1 N–H and O–H groups in total. The summed E-state index contributed by atoms with van der Waals surface area (Å²) in [4.78, 5) is 29.0. The summed E-state index contributed by atoms with van der Waals surface area (Å²) in [5.74, 6) is 5.53. The quantitative estimate of drug-likeness (QED) is 0.361. The Labute approximate surface area is 262 Å². The normalized spacial score (nSPS) is 34.6. The topological polar surface area (TPSA) is 75.7 Å². The van der Waals surface area contributed by atoms with Gasteiger partial charge < -0.3 is 9.64 Å². The number of Topliss-reactive ketones (excluding diaryl/α,β-unsaturated/α-hetero) is 1. The number of ether oxygens (including phenoxy) is 1. The summed E-state index contributed by atoms with van der Waals surface area (Å²) in [6.45, 7) is 7.85. The smallest absolute Gasteiger partial charge is 0.262 e. The van der Waals surface area contributed by atoms with Gasteiger partial charge in [0.15, 0.2) is 0 Å². The molecule has 232 valence electrons. The van der Waals surface area contributed by atoms with Crippen LogP contribution in [0.3, 0.4) is 0 Å². The Hall–Kier alpha value is -2.51. The van der Waals surface area contributed by atoms with Gasteiger partial charge in [-0.05, 0) is 124 Å². The van der Waals surface area contributed by atoms with Crippen molar-refractivity contribution in [3.63, 3.8) is 0 Å². The van der Waals surface area contributed by atoms with Crippen LogP contribution in [0.1, 0.15) is 87.2 Å². The summed E-state index contributed by atoms with van der Waals surface area (Å²) in [5.41, 5.74) is 3.71. The number of fused-ring (bicyclic) bond motifs is 4. The van der Waals surface area contributed by atoms with E-state index in [1.54, 1.807) is 13.0 Å². The highest BCUT2D eigenvalue weighted by Crippen LogP contribution is 2.48. The molecule has 1 amide bonds. The van der Waals surface area contributed by atoms with Crippen molar-refractivity contribution in [3.05, 3.63) is 58.1 Å². The van der Waals surface area contributed by atoms with E-state index in [0.29, 0.717) is 24.0 Å². The molecule has 8 heteroatoms. The molecule has 0 radical (unpaired) electrons. The summed E-state index contributed by atoms with van der Waals surface area (Å²) < 4.78 is 23.1. The SMILES string of the molecule is C=S1(=O)NC(=O)c2ccc3c(c2)N(C[C@@H]2CC[C@H]2[C@H](C(C)=O)CCC[C@H](C)[C@H]1C)C[C@@]1(CCCc2cc(Cl)ccc21)CO3. The maximum absolute atomic E-state index is 13.7. The second kappa shape index (κ2) is 11.8. The zero-order valence-electron chi connectivity index (χ0n) is 25.7. The van der Waals surface area contributed by atoms with E-state index in [1.165, 1.54) is 11.1 Å². The van der Waals surface area contributed by atoms with Crippen LogP contribution in [0.2, 0.25) is 5.02 Å². The first kappa shape index (κ1) is 30.5. The average Bonchev–Trinajstić information content (AvgIpc) is 3.10. The summed E-state index contributed by atoms with van der Waals surface area (Å²) in [7, 11) is -2.90. The van der Waals surface area contributed by atoms with Gasteiger partial charge >= 0.3 is 0 Å². The van der Waals surface area contributed by atoms with Crippen LogP contribution >= 0.6 is 11.6 Å². The molecule has 43 heavy (non-hydrogen) atoms. The number of aryl methyl sites for hydroxylation is 1. The zero-order valence-corrected chi connectivity index (χ0v) is 27.3. The first-order chi connectivity index (χ1) is 20.5. The highest BCUT2D eigenvalue weighted by molar-refractivity contribution is 7.99. The van der Waals surface area contributed by atoms with Crippen LogP contribution in [0.4, 0.5) is 5.69 Å². The van der Waals surface area contributed by atoms with Crippen molar-refractivity contribution in [1.29, 1.82) is 0 Å². The number of rotatable bonds is 1. The Kier molecular flexibility index (Phi) is 8.36. The molecule has 2 aromatic carbocycles. The van der Waals surface area contributed by atoms with Crippen molar-refractivity contribution in [2.24, 2.45) is 23.7 Å². The molecular formula is C35H45ClN2O4S. The molecule has 1 unspecified atom stereocenters. The molecular weight excluding hydrogens is 580 g/mol. The number of nitrogens with one attached hydrogen (secondary N) is 1. The van der Waals surface area contributed by atoms with Crippen molar-refractivity contribution in [2.45, 2.75) is 82.8 Å². The van der Waals surface area contributed by atoms with Gasteiger partial charge in [0.1, 0.15) is 11.5 Å². The molecule has 0 aromatic heterocycles. The minimum atomic E-state index is -2.90. The van der Waals surface area contributed by atoms with Gasteiger partial charge in [-0.25, -0.2) is 4.21 Å². The second-order valence-corrected chi connectivity index (χ2v) is 16.6. The van der Waals surface area contributed by atoms with E-state index in [0.717, 1.165) is 80.9 Å². The zero-order chi connectivity index (χ0) is 30.5. The Morgan fingerprint density at radius 3 is 2.67 bits per heavy atom. The molecule has 4 aliphatic rings. The Morgan fingerprint density at radius 2 is 1.93 bits per heavy atom. The van der Waals surface area contributed by atoms with E-state index in [2.05, 4.69) is 34.5 Å². The lowest BCUT2D eigenvalue weighted by Gasteiger charge is -2.46. The van der Waals surface area contributed by atoms with Crippen LogP contribution in [0.25, 0.3) is 0 Å². The molecule has 0 saturated heterocycles. The summed E-state index contributed by atoms with van der Waals surface area (Å²) in [6, 6.07) is 11.8. The third-order valence-electron chi connectivity index (χ3n) is 11.1. The van der Waals surface area contributed by atoms with Crippen LogP contribution in [0, 0.1) is 23.7 Å². The number of hydrogen-bond donors (Lipinski definition) is 1. The summed E-state index contributed by atoms with van der Waals surface area (Å²) >= 11 is 6.42. The standard InChI is InChI=1S/C35H45ClN2O4S/c1-22-7-5-9-29(23(2)39)30-13-10-27(30)19-38-20-35(16-6-8-25-17-28(36)12-14-31(25)35)21-42-33-15-11-26(18-32(33)38)34(40)37-43(4,41)24(22)3/h11-12,14-15,17-18,22,24,27,29-30H,4-10,13,16,19-21H2,1-3H3,(H,37,40,41)/t22-,24+,27-,29-,30+,35-,43?/m0/s1. The Bertz CT molecular complexity index is 1520. The molecule has 1 spiro atoms. The number of ketones is 1. The number of nitrogens with zero attached hydrogens (tertiary/aromatic N) is 1. The van der Waals surface area contributed by atoms with Crippen LogP contribution in [0.5, 0.6) is 5.75 Å². The largest absolute Gasteiger partial charge is 0.490 e. The third-order valence-corrected chi connectivity index (χ3v) is 13.5. The number of halogens is 1. The van der Waals surface area contributed by atoms with Crippen molar-refractivity contribution < 1.29 is 18.5 Å². The molecule has 2 aliphatic heterocycles. The Balaban J connectivity index is 1.43. The molecule has 6 rings (SSSR count). The molecule has 1 saturated carbocycles. The van der Waals surface area contributed by atoms with Crippen molar-refractivity contribution >= 4 is 44.6 Å². The van der Waals surface area contributed by atoms with Gasteiger partial charge in [-0.2, -0.15) is 0 Å². The fourth-order valence-electron chi connectivity index (χ4n) is 8.19. The van der Waals surface area contributed by atoms with Gasteiger partial charge in [0.2, 0.25) is 0 Å². The van der Waals surface area contributed by atoms with Gasteiger partial charge in [-0.3, -0.25) is 14.3 Å². The van der Waals surface area contributed by atoms with Crippen molar-refractivity contribution in [2.75, 3.05) is 24.6 Å². The van der Waals surface area contributed by atoms with Crippen molar-refractivity contribution in [1.82, 2.24) is 4.72 Å². The van der Waals surface area contributed by atoms with Crippen LogP contribution in [0.15, 0.2) is 36.4 Å².